The van der Waals surface area contributed by atoms with E-state index in [0.29, 0.717) is 0 Å². The highest BCUT2D eigenvalue weighted by Gasteiger charge is 2.43. The normalized spacial score (nSPS) is 20.7. The van der Waals surface area contributed by atoms with E-state index in [0.717, 1.165) is 0 Å². The van der Waals surface area contributed by atoms with Crippen LogP contribution >= 0.6 is 0 Å². The molecule has 1 N–H and O–H groups in total. The van der Waals surface area contributed by atoms with Crippen LogP contribution in [0.15, 0.2) is 0 Å². The quantitative estimate of drug-likeness (QED) is 0.849. The van der Waals surface area contributed by atoms with Gasteiger partial charge in [0, 0.05) is 12.6 Å². The Kier molecular flexibility index (Phi) is 5.05. The number of likely N-dealkylation sites (N-methyl/N-ethyl adjacent to an activating group) is 1. The summed E-state index contributed by atoms with van der Waals surface area (Å²) in [5.74, 6) is -0.996. The molecule has 0 aromatic heterocycles. The van der Waals surface area contributed by atoms with E-state index in [1.165, 1.54) is 4.90 Å². The molecule has 0 bridgehead atoms. The van der Waals surface area contributed by atoms with Gasteiger partial charge in [0.25, 0.3) is 0 Å². The Balaban J connectivity index is 2.60. The van der Waals surface area contributed by atoms with Gasteiger partial charge >= 0.3 is 0 Å². The largest absolute Gasteiger partial charge is 0.350 e. The molecule has 1 rings (SSSR count). The molecule has 2 amide bonds. The maximum atomic E-state index is 12.5. The van der Waals surface area contributed by atoms with E-state index in [-0.39, 0.29) is 37.1 Å². The van der Waals surface area contributed by atoms with Crippen LogP contribution in [0.25, 0.3) is 0 Å². The zero-order valence-corrected chi connectivity index (χ0v) is 14.2. The highest BCUT2D eigenvalue weighted by Crippen LogP contribution is 2.30. The third-order valence-corrected chi connectivity index (χ3v) is 3.23. The Labute approximate surface area is 127 Å². The first-order chi connectivity index (χ1) is 9.35. The Hall–Kier alpha value is -1.14. The van der Waals surface area contributed by atoms with Crippen molar-refractivity contribution in [2.24, 2.45) is 5.41 Å². The van der Waals surface area contributed by atoms with Crippen molar-refractivity contribution in [3.63, 3.8) is 0 Å². The van der Waals surface area contributed by atoms with Gasteiger partial charge in [0.2, 0.25) is 11.8 Å². The molecule has 0 aliphatic carbocycles. The lowest BCUT2D eigenvalue weighted by Gasteiger charge is -2.41. The van der Waals surface area contributed by atoms with Gasteiger partial charge in [-0.15, -0.1) is 0 Å². The topological polar surface area (TPSA) is 67.9 Å². The van der Waals surface area contributed by atoms with Crippen LogP contribution in [0.3, 0.4) is 0 Å². The van der Waals surface area contributed by atoms with E-state index in [9.17, 15) is 9.59 Å². The number of nitrogens with zero attached hydrogens (tertiary/aromatic N) is 1. The summed E-state index contributed by atoms with van der Waals surface area (Å²) in [7, 11) is 1.62. The second-order valence-electron chi connectivity index (χ2n) is 7.50. The van der Waals surface area contributed by atoms with Crippen LogP contribution in [-0.2, 0) is 19.1 Å². The molecule has 0 unspecified atom stereocenters. The molecular weight excluding hydrogens is 272 g/mol. The number of hydrogen-bond acceptors (Lipinski definition) is 4. The second-order valence-corrected chi connectivity index (χ2v) is 7.50. The summed E-state index contributed by atoms with van der Waals surface area (Å²) in [6.45, 7) is 11.7. The second kappa shape index (κ2) is 5.93. The molecule has 6 nitrogen and oxygen atoms in total. The molecule has 122 valence electrons. The zero-order chi connectivity index (χ0) is 16.5. The fraction of sp³-hybridized carbons (Fsp3) is 0.867. The lowest BCUT2D eigenvalue weighted by molar-refractivity contribution is -0.278. The van der Waals surface area contributed by atoms with E-state index in [2.05, 4.69) is 5.32 Å². The van der Waals surface area contributed by atoms with Gasteiger partial charge in [-0.25, -0.2) is 0 Å². The number of hydrogen-bond donors (Lipinski definition) is 1. The standard InChI is InChI=1S/C15H28N2O4/c1-13(2,3)16-11(18)8-17(7)12(19)15(6)9-20-14(4,5)21-10-15/h8-10H2,1-7H3,(H,16,18). The van der Waals surface area contributed by atoms with Crippen molar-refractivity contribution >= 4 is 11.8 Å². The third-order valence-electron chi connectivity index (χ3n) is 3.23. The molecule has 1 aliphatic rings. The minimum atomic E-state index is -0.758. The number of carbonyl (C=O) groups excluding carboxylic acids is 2. The predicted octanol–water partition coefficient (Wildman–Crippen LogP) is 1.15. The maximum absolute atomic E-state index is 12.5. The van der Waals surface area contributed by atoms with Gasteiger partial charge in [-0.2, -0.15) is 0 Å². The molecule has 21 heavy (non-hydrogen) atoms. The molecule has 6 heteroatoms. The maximum Gasteiger partial charge on any atom is 0.240 e. The highest BCUT2D eigenvalue weighted by molar-refractivity contribution is 5.88. The molecule has 1 saturated heterocycles. The van der Waals surface area contributed by atoms with Crippen molar-refractivity contribution in [1.29, 1.82) is 0 Å². The van der Waals surface area contributed by atoms with Crippen LogP contribution in [0.4, 0.5) is 0 Å². The van der Waals surface area contributed by atoms with Crippen molar-refractivity contribution in [2.75, 3.05) is 26.8 Å². The molecule has 1 aliphatic heterocycles. The summed E-state index contributed by atoms with van der Waals surface area (Å²) in [5, 5.41) is 2.84. The van der Waals surface area contributed by atoms with Gasteiger partial charge in [-0.3, -0.25) is 9.59 Å². The molecule has 0 aromatic carbocycles. The van der Waals surface area contributed by atoms with Crippen molar-refractivity contribution < 1.29 is 19.1 Å². The van der Waals surface area contributed by atoms with Crippen molar-refractivity contribution in [1.82, 2.24) is 10.2 Å². The Morgan fingerprint density at radius 2 is 1.62 bits per heavy atom. The summed E-state index contributed by atoms with van der Waals surface area (Å²) in [4.78, 5) is 25.8. The fourth-order valence-electron chi connectivity index (χ4n) is 2.08. The van der Waals surface area contributed by atoms with Crippen molar-refractivity contribution in [3.05, 3.63) is 0 Å². The van der Waals surface area contributed by atoms with Crippen LogP contribution in [0.2, 0.25) is 0 Å². The van der Waals surface area contributed by atoms with E-state index in [1.807, 2.05) is 34.6 Å². The molecule has 0 spiro atoms. The SMILES string of the molecule is CN(CC(=O)NC(C)(C)C)C(=O)C1(C)COC(C)(C)OC1. The van der Waals surface area contributed by atoms with Crippen molar-refractivity contribution in [2.45, 2.75) is 52.9 Å². The molecule has 0 saturated carbocycles. The van der Waals surface area contributed by atoms with Gasteiger partial charge in [0.05, 0.1) is 25.2 Å². The van der Waals surface area contributed by atoms with Gasteiger partial charge in [-0.1, -0.05) is 0 Å². The fourth-order valence-corrected chi connectivity index (χ4v) is 2.08. The van der Waals surface area contributed by atoms with Crippen LogP contribution in [0.5, 0.6) is 0 Å². The summed E-state index contributed by atoms with van der Waals surface area (Å²) >= 11 is 0. The third kappa shape index (κ3) is 5.28. The average Bonchev–Trinajstić information content (AvgIpc) is 2.30. The van der Waals surface area contributed by atoms with Gasteiger partial charge in [0.1, 0.15) is 0 Å². The number of carbonyl (C=O) groups is 2. The van der Waals surface area contributed by atoms with Crippen LogP contribution in [0, 0.1) is 5.41 Å². The molecular formula is C15H28N2O4. The molecule has 1 heterocycles. The van der Waals surface area contributed by atoms with E-state index >= 15 is 0 Å². The number of ether oxygens (including phenoxy) is 2. The number of rotatable bonds is 3. The summed E-state index contributed by atoms with van der Waals surface area (Å²) in [5.41, 5.74) is -1.07. The summed E-state index contributed by atoms with van der Waals surface area (Å²) in [6, 6.07) is 0. The first-order valence-corrected chi connectivity index (χ1v) is 7.19. The highest BCUT2D eigenvalue weighted by atomic mass is 16.7. The van der Waals surface area contributed by atoms with Gasteiger partial charge in [0.15, 0.2) is 5.79 Å². The van der Waals surface area contributed by atoms with E-state index < -0.39 is 11.2 Å². The van der Waals surface area contributed by atoms with Gasteiger partial charge in [-0.05, 0) is 41.5 Å². The van der Waals surface area contributed by atoms with Gasteiger partial charge < -0.3 is 19.7 Å². The summed E-state index contributed by atoms with van der Waals surface area (Å²) in [6.07, 6.45) is 0. The smallest absolute Gasteiger partial charge is 0.240 e. The van der Waals surface area contributed by atoms with Crippen LogP contribution in [0.1, 0.15) is 41.5 Å². The molecule has 0 radical (unpaired) electrons. The molecule has 0 aromatic rings. The summed E-state index contributed by atoms with van der Waals surface area (Å²) < 4.78 is 11.1. The predicted molar refractivity (Wildman–Crippen MR) is 79.6 cm³/mol. The van der Waals surface area contributed by atoms with Crippen molar-refractivity contribution in [3.8, 4) is 0 Å². The van der Waals surface area contributed by atoms with E-state index in [1.54, 1.807) is 14.0 Å². The number of amides is 2. The Morgan fingerprint density at radius 1 is 1.14 bits per heavy atom. The average molecular weight is 300 g/mol. The Bertz CT molecular complexity index is 402. The van der Waals surface area contributed by atoms with Crippen LogP contribution in [-0.4, -0.2) is 54.8 Å². The molecule has 0 atom stereocenters. The van der Waals surface area contributed by atoms with Crippen LogP contribution < -0.4 is 5.32 Å². The lowest BCUT2D eigenvalue weighted by atomic mass is 9.89. The first-order valence-electron chi connectivity index (χ1n) is 7.19. The lowest BCUT2D eigenvalue weighted by Crippen LogP contribution is -2.55. The van der Waals surface area contributed by atoms with E-state index in [4.69, 9.17) is 9.47 Å². The Morgan fingerprint density at radius 3 is 2.05 bits per heavy atom. The zero-order valence-electron chi connectivity index (χ0n) is 14.2. The first kappa shape index (κ1) is 17.9. The molecule has 1 fully saturated rings. The minimum absolute atomic E-state index is 0.0229. The number of nitrogens with one attached hydrogen (secondary N) is 1. The minimum Gasteiger partial charge on any atom is -0.350 e. The monoisotopic (exact) mass is 300 g/mol.